The molecule has 0 spiro atoms. The number of aromatic nitrogens is 2. The summed E-state index contributed by atoms with van der Waals surface area (Å²) in [7, 11) is 1.41. The van der Waals surface area contributed by atoms with E-state index in [4.69, 9.17) is 26.2 Å². The molecule has 3 rings (SSSR count). The lowest BCUT2D eigenvalue weighted by atomic mass is 10.2. The number of ether oxygens (including phenoxy) is 2. The molecule has 0 fully saturated rings. The largest absolute Gasteiger partial charge is 0.493 e. The maximum Gasteiger partial charge on any atom is 0.344 e. The van der Waals surface area contributed by atoms with Crippen molar-refractivity contribution >= 4 is 66.5 Å². The fourth-order valence-electron chi connectivity index (χ4n) is 3.12. The molecule has 1 aromatic heterocycles. The van der Waals surface area contributed by atoms with Crippen LogP contribution in [0.15, 0.2) is 43.1 Å². The van der Waals surface area contributed by atoms with Gasteiger partial charge in [0, 0.05) is 20.9 Å². The van der Waals surface area contributed by atoms with Gasteiger partial charge >= 0.3 is 5.97 Å². The number of halogens is 3. The number of hydrogen-bond acceptors (Lipinski definition) is 6. The van der Waals surface area contributed by atoms with Gasteiger partial charge in [0.1, 0.15) is 10.8 Å². The first-order valence-electron chi connectivity index (χ1n) is 10.4. The number of unbranched alkanes of at least 4 members (excludes halogenated alkanes) is 1. The number of carboxylic acids is 1. The SMILES string of the molecule is CCCCc1nc2ccc(Br)cc2c(=O)n1N=Cc1cc(OC)c(O[C@H](C)C(=O)O)c(Cl)c1Br. The van der Waals surface area contributed by atoms with Gasteiger partial charge < -0.3 is 14.6 Å². The number of methoxy groups -OCH3 is 1. The molecule has 34 heavy (non-hydrogen) atoms. The van der Waals surface area contributed by atoms with Crippen molar-refractivity contribution in [1.29, 1.82) is 0 Å². The molecule has 0 radical (unpaired) electrons. The molecule has 2 aromatic carbocycles. The predicted octanol–water partition coefficient (Wildman–Crippen LogP) is 5.66. The number of rotatable bonds is 9. The van der Waals surface area contributed by atoms with E-state index in [0.29, 0.717) is 33.2 Å². The number of aryl methyl sites for hydroxylation is 1. The van der Waals surface area contributed by atoms with Gasteiger partial charge in [0.15, 0.2) is 17.6 Å². The summed E-state index contributed by atoms with van der Waals surface area (Å²) in [6, 6.07) is 6.94. The number of nitrogens with zero attached hydrogens (tertiary/aromatic N) is 3. The van der Waals surface area contributed by atoms with Gasteiger partial charge in [0.2, 0.25) is 0 Å². The second-order valence-electron chi connectivity index (χ2n) is 7.38. The molecule has 1 heterocycles. The van der Waals surface area contributed by atoms with Crippen LogP contribution < -0.4 is 15.0 Å². The van der Waals surface area contributed by atoms with Crippen molar-refractivity contribution in [2.24, 2.45) is 5.10 Å². The van der Waals surface area contributed by atoms with Crippen LogP contribution >= 0.6 is 43.5 Å². The molecule has 0 bridgehead atoms. The van der Waals surface area contributed by atoms with Crippen LogP contribution in [0.4, 0.5) is 0 Å². The second kappa shape index (κ2) is 11.3. The zero-order valence-electron chi connectivity index (χ0n) is 18.6. The van der Waals surface area contributed by atoms with Gasteiger partial charge in [0.25, 0.3) is 5.56 Å². The second-order valence-corrected chi connectivity index (χ2v) is 9.46. The Hall–Kier alpha value is -2.43. The predicted molar refractivity (Wildman–Crippen MR) is 139 cm³/mol. The quantitative estimate of drug-likeness (QED) is 0.312. The summed E-state index contributed by atoms with van der Waals surface area (Å²) in [4.78, 5) is 29.1. The van der Waals surface area contributed by atoms with Gasteiger partial charge in [-0.1, -0.05) is 40.9 Å². The first-order valence-corrected chi connectivity index (χ1v) is 12.3. The van der Waals surface area contributed by atoms with E-state index in [-0.39, 0.29) is 22.1 Å². The molecule has 8 nitrogen and oxygen atoms in total. The molecule has 0 saturated heterocycles. The average molecular weight is 616 g/mol. The summed E-state index contributed by atoms with van der Waals surface area (Å²) in [5.41, 5.74) is 0.809. The Kier molecular flexibility index (Phi) is 8.72. The van der Waals surface area contributed by atoms with E-state index >= 15 is 0 Å². The molecule has 11 heteroatoms. The maximum absolute atomic E-state index is 13.3. The highest BCUT2D eigenvalue weighted by Crippen LogP contribution is 2.42. The van der Waals surface area contributed by atoms with E-state index in [9.17, 15) is 9.59 Å². The topological polar surface area (TPSA) is 103 Å². The molecule has 1 N–H and O–H groups in total. The van der Waals surface area contributed by atoms with Crippen molar-refractivity contribution in [2.45, 2.75) is 39.2 Å². The van der Waals surface area contributed by atoms with Gasteiger partial charge in [-0.25, -0.2) is 9.78 Å². The Morgan fingerprint density at radius 1 is 1.35 bits per heavy atom. The van der Waals surface area contributed by atoms with Crippen molar-refractivity contribution < 1.29 is 19.4 Å². The van der Waals surface area contributed by atoms with Gasteiger partial charge in [0.05, 0.1) is 24.2 Å². The molecule has 0 aliphatic heterocycles. The molecule has 3 aromatic rings. The summed E-state index contributed by atoms with van der Waals surface area (Å²) in [6.45, 7) is 3.45. The lowest BCUT2D eigenvalue weighted by Crippen LogP contribution is -2.23. The summed E-state index contributed by atoms with van der Waals surface area (Å²) < 4.78 is 13.3. The highest BCUT2D eigenvalue weighted by atomic mass is 79.9. The molecule has 0 saturated carbocycles. The van der Waals surface area contributed by atoms with Crippen molar-refractivity contribution in [2.75, 3.05) is 7.11 Å². The van der Waals surface area contributed by atoms with E-state index in [1.165, 1.54) is 24.9 Å². The lowest BCUT2D eigenvalue weighted by Gasteiger charge is -2.17. The lowest BCUT2D eigenvalue weighted by molar-refractivity contribution is -0.144. The Morgan fingerprint density at radius 3 is 2.74 bits per heavy atom. The van der Waals surface area contributed by atoms with Crippen LogP contribution in [0, 0.1) is 0 Å². The van der Waals surface area contributed by atoms with Crippen LogP contribution in [0.5, 0.6) is 11.5 Å². The number of carboxylic acid groups (broad SMARTS) is 1. The summed E-state index contributed by atoms with van der Waals surface area (Å²) in [5, 5.41) is 14.1. The number of benzene rings is 2. The highest BCUT2D eigenvalue weighted by Gasteiger charge is 2.22. The minimum Gasteiger partial charge on any atom is -0.493 e. The highest BCUT2D eigenvalue weighted by molar-refractivity contribution is 9.10. The number of hydrogen-bond donors (Lipinski definition) is 1. The van der Waals surface area contributed by atoms with Gasteiger partial charge in [-0.05, 0) is 53.5 Å². The molecular formula is C23H22Br2ClN3O5. The van der Waals surface area contributed by atoms with Crippen molar-refractivity contribution in [3.63, 3.8) is 0 Å². The Morgan fingerprint density at radius 2 is 2.09 bits per heavy atom. The van der Waals surface area contributed by atoms with Crippen LogP contribution in [0.2, 0.25) is 5.02 Å². The molecule has 0 aliphatic carbocycles. The molecule has 1 atom stereocenters. The first kappa shape index (κ1) is 26.2. The molecule has 0 unspecified atom stereocenters. The molecule has 0 amide bonds. The summed E-state index contributed by atoms with van der Waals surface area (Å²) in [6.07, 6.45) is 2.69. The van der Waals surface area contributed by atoms with E-state index < -0.39 is 12.1 Å². The molecular weight excluding hydrogens is 594 g/mol. The monoisotopic (exact) mass is 613 g/mol. The average Bonchev–Trinajstić information content (AvgIpc) is 2.81. The van der Waals surface area contributed by atoms with Gasteiger partial charge in [-0.2, -0.15) is 9.78 Å². The van der Waals surface area contributed by atoms with Crippen LogP contribution in [-0.2, 0) is 11.2 Å². The first-order chi connectivity index (χ1) is 16.2. The molecule has 0 aliphatic rings. The zero-order chi connectivity index (χ0) is 25.0. The Bertz CT molecular complexity index is 1330. The number of aliphatic carboxylic acids is 1. The van der Waals surface area contributed by atoms with Crippen molar-refractivity contribution in [3.8, 4) is 11.5 Å². The fraction of sp³-hybridized carbons (Fsp3) is 0.304. The third kappa shape index (κ3) is 5.61. The van der Waals surface area contributed by atoms with Crippen LogP contribution in [0.25, 0.3) is 10.9 Å². The number of carbonyl (C=O) groups is 1. The van der Waals surface area contributed by atoms with E-state index in [2.05, 4.69) is 48.9 Å². The normalized spacial score (nSPS) is 12.3. The minimum absolute atomic E-state index is 0.0844. The summed E-state index contributed by atoms with van der Waals surface area (Å²) in [5.74, 6) is -0.292. The number of fused-ring (bicyclic) bond motifs is 1. The van der Waals surface area contributed by atoms with Crippen molar-refractivity contribution in [1.82, 2.24) is 9.66 Å². The van der Waals surface area contributed by atoms with Crippen LogP contribution in [-0.4, -0.2) is 40.2 Å². The third-order valence-corrected chi connectivity index (χ3v) is 6.90. The smallest absolute Gasteiger partial charge is 0.344 e. The zero-order valence-corrected chi connectivity index (χ0v) is 22.6. The summed E-state index contributed by atoms with van der Waals surface area (Å²) >= 11 is 13.3. The van der Waals surface area contributed by atoms with Crippen LogP contribution in [0.3, 0.4) is 0 Å². The molecule has 180 valence electrons. The van der Waals surface area contributed by atoms with Crippen LogP contribution in [0.1, 0.15) is 38.1 Å². The minimum atomic E-state index is -1.14. The van der Waals surface area contributed by atoms with Gasteiger partial charge in [-0.3, -0.25) is 4.79 Å². The van der Waals surface area contributed by atoms with Crippen molar-refractivity contribution in [3.05, 3.63) is 60.0 Å². The Balaban J connectivity index is 2.12. The third-order valence-electron chi connectivity index (χ3n) is 4.96. The van der Waals surface area contributed by atoms with E-state index in [0.717, 1.165) is 17.3 Å². The van der Waals surface area contributed by atoms with E-state index in [1.807, 2.05) is 6.07 Å². The van der Waals surface area contributed by atoms with E-state index in [1.54, 1.807) is 18.2 Å². The fourth-order valence-corrected chi connectivity index (χ4v) is 4.12. The van der Waals surface area contributed by atoms with Gasteiger partial charge in [-0.15, -0.1) is 0 Å². The maximum atomic E-state index is 13.3. The Labute approximate surface area is 217 Å². The standard InChI is InChI=1S/C23H22Br2ClN3O5/c1-4-5-6-18-28-16-8-7-14(24)10-15(16)22(30)29(18)27-11-13-9-17(33-3)21(20(26)19(13)25)34-12(2)23(31)32/h7-12H,4-6H2,1-3H3,(H,31,32)/t12-/m1/s1.